The molecule has 146 valence electrons. The van der Waals surface area contributed by atoms with E-state index in [-0.39, 0.29) is 23.3 Å². The van der Waals surface area contributed by atoms with Crippen LogP contribution in [0.5, 0.6) is 0 Å². The molecule has 0 aliphatic rings. The lowest BCUT2D eigenvalue weighted by Gasteiger charge is -2.20. The van der Waals surface area contributed by atoms with Crippen LogP contribution in [0, 0.1) is 5.82 Å². The van der Waals surface area contributed by atoms with E-state index in [1.54, 1.807) is 23.6 Å². The second-order valence-electron chi connectivity index (χ2n) is 6.60. The number of fused-ring (bicyclic) bond motifs is 1. The van der Waals surface area contributed by atoms with Crippen molar-refractivity contribution in [3.63, 3.8) is 0 Å². The van der Waals surface area contributed by atoms with E-state index in [4.69, 9.17) is 0 Å². The molecule has 28 heavy (non-hydrogen) atoms. The van der Waals surface area contributed by atoms with Crippen LogP contribution in [-0.4, -0.2) is 20.7 Å². The Morgan fingerprint density at radius 1 is 1.18 bits per heavy atom. The first kappa shape index (κ1) is 20.1. The Hall–Kier alpha value is -2.67. The number of benzene rings is 2. The summed E-state index contributed by atoms with van der Waals surface area (Å²) < 4.78 is 14.7. The molecule has 3 rings (SSSR count). The zero-order chi connectivity index (χ0) is 20.3. The molecule has 7 heteroatoms. The van der Waals surface area contributed by atoms with Gasteiger partial charge in [-0.3, -0.25) is 14.2 Å². The van der Waals surface area contributed by atoms with Crippen LogP contribution < -0.4 is 10.9 Å². The summed E-state index contributed by atoms with van der Waals surface area (Å²) in [6, 6.07) is 12.8. The molecule has 0 aliphatic carbocycles. The van der Waals surface area contributed by atoms with Gasteiger partial charge in [-0.25, -0.2) is 9.37 Å². The molecule has 0 aliphatic heterocycles. The van der Waals surface area contributed by atoms with E-state index < -0.39 is 5.25 Å². The van der Waals surface area contributed by atoms with Crippen molar-refractivity contribution >= 4 is 34.3 Å². The minimum atomic E-state index is -0.492. The summed E-state index contributed by atoms with van der Waals surface area (Å²) in [5.74, 6) is -0.604. The van der Waals surface area contributed by atoms with E-state index in [9.17, 15) is 14.0 Å². The van der Waals surface area contributed by atoms with E-state index in [1.807, 2.05) is 26.0 Å². The number of thioether (sulfide) groups is 1. The third-order valence-electron chi connectivity index (χ3n) is 4.57. The maximum absolute atomic E-state index is 13.0. The Bertz CT molecular complexity index is 1050. The third-order valence-corrected chi connectivity index (χ3v) is 5.64. The summed E-state index contributed by atoms with van der Waals surface area (Å²) in [4.78, 5) is 30.2. The van der Waals surface area contributed by atoms with Crippen LogP contribution in [0.4, 0.5) is 10.1 Å². The van der Waals surface area contributed by atoms with Crippen molar-refractivity contribution in [1.82, 2.24) is 9.55 Å². The van der Waals surface area contributed by atoms with Crippen LogP contribution in [0.3, 0.4) is 0 Å². The first-order chi connectivity index (χ1) is 13.4. The predicted molar refractivity (Wildman–Crippen MR) is 111 cm³/mol. The summed E-state index contributed by atoms with van der Waals surface area (Å²) >= 11 is 1.24. The van der Waals surface area contributed by atoms with Crippen molar-refractivity contribution in [3.8, 4) is 0 Å². The predicted octanol–water partition coefficient (Wildman–Crippen LogP) is 4.63. The highest BCUT2D eigenvalue weighted by Crippen LogP contribution is 2.26. The zero-order valence-electron chi connectivity index (χ0n) is 16.0. The summed E-state index contributed by atoms with van der Waals surface area (Å²) in [6.45, 7) is 5.72. The molecule has 2 atom stereocenters. The molecule has 0 saturated heterocycles. The largest absolute Gasteiger partial charge is 0.325 e. The van der Waals surface area contributed by atoms with Gasteiger partial charge in [-0.15, -0.1) is 0 Å². The molecule has 2 aromatic carbocycles. The Labute approximate surface area is 167 Å². The van der Waals surface area contributed by atoms with Gasteiger partial charge in [0.15, 0.2) is 5.16 Å². The van der Waals surface area contributed by atoms with E-state index >= 15 is 0 Å². The fourth-order valence-electron chi connectivity index (χ4n) is 2.77. The molecule has 1 amide bonds. The Balaban J connectivity index is 1.90. The number of carbonyl (C=O) groups is 1. The topological polar surface area (TPSA) is 64.0 Å². The molecule has 0 bridgehead atoms. The normalized spacial score (nSPS) is 13.3. The number of hydrogen-bond donors (Lipinski definition) is 1. The lowest BCUT2D eigenvalue weighted by atomic mass is 10.2. The number of aromatic nitrogens is 2. The molecule has 5 nitrogen and oxygen atoms in total. The lowest BCUT2D eigenvalue weighted by molar-refractivity contribution is -0.115. The smallest absolute Gasteiger partial charge is 0.262 e. The number of carbonyl (C=O) groups excluding carboxylic acids is 1. The molecule has 0 fully saturated rings. The fraction of sp³-hybridized carbons (Fsp3) is 0.286. The van der Waals surface area contributed by atoms with Crippen molar-refractivity contribution < 1.29 is 9.18 Å². The van der Waals surface area contributed by atoms with Crippen LogP contribution in [0.1, 0.15) is 33.2 Å². The fourth-order valence-corrected chi connectivity index (χ4v) is 3.78. The molecular formula is C21H22FN3O2S. The van der Waals surface area contributed by atoms with E-state index in [2.05, 4.69) is 10.3 Å². The van der Waals surface area contributed by atoms with Crippen molar-refractivity contribution in [2.24, 2.45) is 0 Å². The minimum Gasteiger partial charge on any atom is -0.325 e. The number of halogens is 1. The van der Waals surface area contributed by atoms with Crippen LogP contribution in [-0.2, 0) is 4.79 Å². The standard InChI is InChI=1S/C21H22FN3O2S/c1-4-13(2)25-20(27)17-7-5-6-8-18(17)24-21(25)28-14(3)19(26)23-16-11-9-15(22)10-12-16/h5-14H,4H2,1-3H3,(H,23,26)/t13-,14-/m0/s1. The highest BCUT2D eigenvalue weighted by Gasteiger charge is 2.21. The van der Waals surface area contributed by atoms with Gasteiger partial charge in [-0.05, 0) is 56.7 Å². The van der Waals surface area contributed by atoms with Gasteiger partial charge in [0.05, 0.1) is 16.2 Å². The number of amides is 1. The Morgan fingerprint density at radius 2 is 1.86 bits per heavy atom. The maximum Gasteiger partial charge on any atom is 0.262 e. The average molecular weight is 399 g/mol. The van der Waals surface area contributed by atoms with Gasteiger partial charge in [-0.2, -0.15) is 0 Å². The number of hydrogen-bond acceptors (Lipinski definition) is 4. The number of nitrogens with zero attached hydrogens (tertiary/aromatic N) is 2. The van der Waals surface area contributed by atoms with E-state index in [1.165, 1.54) is 36.0 Å². The van der Waals surface area contributed by atoms with Crippen molar-refractivity contribution in [3.05, 3.63) is 64.7 Å². The zero-order valence-corrected chi connectivity index (χ0v) is 16.8. The Kier molecular flexibility index (Phi) is 6.14. The van der Waals surface area contributed by atoms with Gasteiger partial charge in [-0.1, -0.05) is 30.8 Å². The maximum atomic E-state index is 13.0. The van der Waals surface area contributed by atoms with Crippen LogP contribution in [0.25, 0.3) is 10.9 Å². The van der Waals surface area contributed by atoms with Crippen molar-refractivity contribution in [2.45, 2.75) is 43.6 Å². The average Bonchev–Trinajstić information content (AvgIpc) is 2.69. The summed E-state index contributed by atoms with van der Waals surface area (Å²) in [7, 11) is 0. The van der Waals surface area contributed by atoms with Gasteiger partial charge >= 0.3 is 0 Å². The van der Waals surface area contributed by atoms with E-state index in [0.717, 1.165) is 6.42 Å². The summed E-state index contributed by atoms with van der Waals surface area (Å²) in [6.07, 6.45) is 0.768. The SMILES string of the molecule is CC[C@H](C)n1c(S[C@@H](C)C(=O)Nc2ccc(F)cc2)nc2ccccc2c1=O. The molecule has 0 saturated carbocycles. The van der Waals surface area contributed by atoms with Gasteiger partial charge in [0.25, 0.3) is 5.56 Å². The number of nitrogens with one attached hydrogen (secondary N) is 1. The number of anilines is 1. The third kappa shape index (κ3) is 4.25. The van der Waals surface area contributed by atoms with Crippen LogP contribution in [0.15, 0.2) is 58.5 Å². The first-order valence-corrected chi connectivity index (χ1v) is 10.0. The lowest BCUT2D eigenvalue weighted by Crippen LogP contribution is -2.28. The van der Waals surface area contributed by atoms with Gasteiger partial charge in [0.2, 0.25) is 5.91 Å². The highest BCUT2D eigenvalue weighted by atomic mass is 32.2. The first-order valence-electron chi connectivity index (χ1n) is 9.15. The highest BCUT2D eigenvalue weighted by molar-refractivity contribution is 8.00. The summed E-state index contributed by atoms with van der Waals surface area (Å²) in [5, 5.41) is 3.35. The molecule has 1 N–H and O–H groups in total. The number of para-hydroxylation sites is 1. The molecule has 1 heterocycles. The molecule has 0 unspecified atom stereocenters. The van der Waals surface area contributed by atoms with Gasteiger partial charge in [0, 0.05) is 11.7 Å². The monoisotopic (exact) mass is 399 g/mol. The Morgan fingerprint density at radius 3 is 2.54 bits per heavy atom. The molecule has 1 aromatic heterocycles. The van der Waals surface area contributed by atoms with Crippen molar-refractivity contribution in [2.75, 3.05) is 5.32 Å². The van der Waals surface area contributed by atoms with Crippen LogP contribution in [0.2, 0.25) is 0 Å². The summed E-state index contributed by atoms with van der Waals surface area (Å²) in [5.41, 5.74) is 1.03. The second kappa shape index (κ2) is 8.56. The minimum absolute atomic E-state index is 0.0422. The van der Waals surface area contributed by atoms with E-state index in [0.29, 0.717) is 21.7 Å². The second-order valence-corrected chi connectivity index (χ2v) is 7.91. The van der Waals surface area contributed by atoms with Crippen LogP contribution >= 0.6 is 11.8 Å². The van der Waals surface area contributed by atoms with Crippen molar-refractivity contribution in [1.29, 1.82) is 0 Å². The molecule has 3 aromatic rings. The molecule has 0 spiro atoms. The van der Waals surface area contributed by atoms with Gasteiger partial charge in [0.1, 0.15) is 5.82 Å². The molecular weight excluding hydrogens is 377 g/mol. The molecule has 0 radical (unpaired) electrons. The quantitative estimate of drug-likeness (QED) is 0.485. The van der Waals surface area contributed by atoms with Gasteiger partial charge < -0.3 is 5.32 Å². The number of rotatable bonds is 6.